The SMILES string of the molecule is O=C(O)C[C@]1(O)CC(CCCCCCc2ccc(Cl)cc2Cl)OCO1. The van der Waals surface area contributed by atoms with Gasteiger partial charge in [0.2, 0.25) is 0 Å². The first-order chi connectivity index (χ1) is 11.9. The predicted octanol–water partition coefficient (Wildman–Crippen LogP) is 4.41. The summed E-state index contributed by atoms with van der Waals surface area (Å²) in [7, 11) is 0. The fourth-order valence-corrected chi connectivity index (χ4v) is 3.53. The molecule has 0 radical (unpaired) electrons. The Morgan fingerprint density at radius 3 is 2.72 bits per heavy atom. The van der Waals surface area contributed by atoms with Crippen molar-refractivity contribution in [1.82, 2.24) is 0 Å². The fraction of sp³-hybridized carbons (Fsp3) is 0.611. The lowest BCUT2D eigenvalue weighted by atomic mass is 9.98. The quantitative estimate of drug-likeness (QED) is 0.610. The Balaban J connectivity index is 1.62. The van der Waals surface area contributed by atoms with Crippen LogP contribution in [0.25, 0.3) is 0 Å². The van der Waals surface area contributed by atoms with Gasteiger partial charge in [0.1, 0.15) is 0 Å². The molecular weight excluding hydrogens is 367 g/mol. The number of carbonyl (C=O) groups is 1. The summed E-state index contributed by atoms with van der Waals surface area (Å²) in [5, 5.41) is 20.3. The number of aliphatic hydroxyl groups is 1. The molecule has 1 fully saturated rings. The zero-order valence-corrected chi connectivity index (χ0v) is 15.6. The van der Waals surface area contributed by atoms with Crippen LogP contribution in [0.2, 0.25) is 10.0 Å². The molecule has 0 amide bonds. The molecular formula is C18H24Cl2O5. The molecule has 1 heterocycles. The number of unbranched alkanes of at least 4 members (excludes halogenated alkanes) is 3. The molecule has 140 valence electrons. The molecule has 2 atom stereocenters. The van der Waals surface area contributed by atoms with Gasteiger partial charge in [0.15, 0.2) is 12.6 Å². The maximum absolute atomic E-state index is 10.8. The summed E-state index contributed by atoms with van der Waals surface area (Å²) in [6, 6.07) is 5.58. The molecule has 5 nitrogen and oxygen atoms in total. The van der Waals surface area contributed by atoms with Gasteiger partial charge in [-0.3, -0.25) is 4.79 Å². The smallest absolute Gasteiger partial charge is 0.308 e. The molecule has 0 spiro atoms. The molecule has 1 unspecified atom stereocenters. The third kappa shape index (κ3) is 7.12. The molecule has 2 rings (SSSR count). The van der Waals surface area contributed by atoms with E-state index in [0.29, 0.717) is 10.0 Å². The van der Waals surface area contributed by atoms with Crippen molar-refractivity contribution in [1.29, 1.82) is 0 Å². The van der Waals surface area contributed by atoms with E-state index in [0.717, 1.165) is 44.1 Å². The number of hydrogen-bond acceptors (Lipinski definition) is 4. The minimum absolute atomic E-state index is 0.0660. The summed E-state index contributed by atoms with van der Waals surface area (Å²) >= 11 is 12.0. The number of halogens is 2. The monoisotopic (exact) mass is 390 g/mol. The van der Waals surface area contributed by atoms with E-state index in [9.17, 15) is 9.90 Å². The molecule has 7 heteroatoms. The van der Waals surface area contributed by atoms with Crippen LogP contribution >= 0.6 is 23.2 Å². The lowest BCUT2D eigenvalue weighted by Crippen LogP contribution is -2.44. The first-order valence-electron chi connectivity index (χ1n) is 8.52. The van der Waals surface area contributed by atoms with Gasteiger partial charge >= 0.3 is 5.97 Å². The van der Waals surface area contributed by atoms with Crippen molar-refractivity contribution in [2.75, 3.05) is 6.79 Å². The van der Waals surface area contributed by atoms with E-state index in [4.69, 9.17) is 37.8 Å². The van der Waals surface area contributed by atoms with Gasteiger partial charge in [-0.2, -0.15) is 0 Å². The summed E-state index contributed by atoms with van der Waals surface area (Å²) in [6.07, 6.45) is 5.43. The molecule has 1 aromatic rings. The lowest BCUT2D eigenvalue weighted by Gasteiger charge is -2.35. The zero-order chi connectivity index (χ0) is 18.3. The first-order valence-corrected chi connectivity index (χ1v) is 9.27. The van der Waals surface area contributed by atoms with E-state index in [1.807, 2.05) is 12.1 Å². The Bertz CT molecular complexity index is 581. The van der Waals surface area contributed by atoms with Crippen molar-refractivity contribution >= 4 is 29.2 Å². The Morgan fingerprint density at radius 2 is 2.00 bits per heavy atom. The van der Waals surface area contributed by atoms with Crippen LogP contribution in [-0.4, -0.2) is 34.9 Å². The molecule has 25 heavy (non-hydrogen) atoms. The van der Waals surface area contributed by atoms with Gasteiger partial charge in [-0.1, -0.05) is 48.5 Å². The van der Waals surface area contributed by atoms with Crippen molar-refractivity contribution < 1.29 is 24.5 Å². The molecule has 0 saturated carbocycles. The van der Waals surface area contributed by atoms with Gasteiger partial charge in [0.05, 0.1) is 12.5 Å². The number of carboxylic acid groups (broad SMARTS) is 1. The van der Waals surface area contributed by atoms with Crippen LogP contribution in [0.5, 0.6) is 0 Å². The number of aryl methyl sites for hydroxylation is 1. The first kappa shape index (κ1) is 20.5. The van der Waals surface area contributed by atoms with Crippen molar-refractivity contribution in [3.8, 4) is 0 Å². The van der Waals surface area contributed by atoms with Gasteiger partial charge in [0, 0.05) is 16.5 Å². The summed E-state index contributed by atoms with van der Waals surface area (Å²) in [6.45, 7) is -0.0660. The van der Waals surface area contributed by atoms with E-state index in [1.54, 1.807) is 6.07 Å². The molecule has 1 saturated heterocycles. The van der Waals surface area contributed by atoms with Crippen molar-refractivity contribution in [2.45, 2.75) is 63.3 Å². The highest BCUT2D eigenvalue weighted by Gasteiger charge is 2.38. The normalized spacial score (nSPS) is 23.6. The van der Waals surface area contributed by atoms with Crippen LogP contribution in [0.1, 0.15) is 50.5 Å². The van der Waals surface area contributed by atoms with Gasteiger partial charge in [-0.15, -0.1) is 0 Å². The molecule has 0 aromatic heterocycles. The van der Waals surface area contributed by atoms with E-state index in [1.165, 1.54) is 0 Å². The highest BCUT2D eigenvalue weighted by Crippen LogP contribution is 2.28. The summed E-state index contributed by atoms with van der Waals surface area (Å²) < 4.78 is 10.5. The molecule has 1 aliphatic rings. The third-order valence-electron chi connectivity index (χ3n) is 4.34. The molecule has 1 aliphatic heterocycles. The Kier molecular flexibility index (Phi) is 7.97. The fourth-order valence-electron chi connectivity index (χ4n) is 3.02. The second-order valence-electron chi connectivity index (χ2n) is 6.46. The number of carboxylic acids is 1. The van der Waals surface area contributed by atoms with E-state index < -0.39 is 18.2 Å². The topological polar surface area (TPSA) is 76.0 Å². The Morgan fingerprint density at radius 1 is 1.24 bits per heavy atom. The van der Waals surface area contributed by atoms with Crippen LogP contribution in [0.3, 0.4) is 0 Å². The van der Waals surface area contributed by atoms with Gasteiger partial charge < -0.3 is 19.7 Å². The third-order valence-corrected chi connectivity index (χ3v) is 4.93. The maximum Gasteiger partial charge on any atom is 0.308 e. The molecule has 1 aromatic carbocycles. The molecule has 0 aliphatic carbocycles. The average Bonchev–Trinajstić information content (AvgIpc) is 2.51. The molecule has 2 N–H and O–H groups in total. The van der Waals surface area contributed by atoms with Crippen molar-refractivity contribution in [2.24, 2.45) is 0 Å². The summed E-state index contributed by atoms with van der Waals surface area (Å²) in [5.74, 6) is -2.69. The second-order valence-corrected chi connectivity index (χ2v) is 7.30. The van der Waals surface area contributed by atoms with Crippen LogP contribution in [0.15, 0.2) is 18.2 Å². The Labute approximate surface area is 157 Å². The van der Waals surface area contributed by atoms with Gasteiger partial charge in [0.25, 0.3) is 0 Å². The van der Waals surface area contributed by atoms with Crippen LogP contribution in [-0.2, 0) is 20.7 Å². The predicted molar refractivity (Wildman–Crippen MR) is 95.9 cm³/mol. The number of hydrogen-bond donors (Lipinski definition) is 2. The average molecular weight is 391 g/mol. The van der Waals surface area contributed by atoms with Crippen molar-refractivity contribution in [3.63, 3.8) is 0 Å². The van der Waals surface area contributed by atoms with Crippen LogP contribution < -0.4 is 0 Å². The van der Waals surface area contributed by atoms with Crippen molar-refractivity contribution in [3.05, 3.63) is 33.8 Å². The lowest BCUT2D eigenvalue weighted by molar-refractivity contribution is -0.308. The highest BCUT2D eigenvalue weighted by atomic mass is 35.5. The van der Waals surface area contributed by atoms with Crippen LogP contribution in [0, 0.1) is 0 Å². The van der Waals surface area contributed by atoms with Gasteiger partial charge in [-0.05, 0) is 37.0 Å². The number of rotatable bonds is 9. The summed E-state index contributed by atoms with van der Waals surface area (Å²) in [5.41, 5.74) is 1.11. The second kappa shape index (κ2) is 9.74. The van der Waals surface area contributed by atoms with Crippen LogP contribution in [0.4, 0.5) is 0 Å². The highest BCUT2D eigenvalue weighted by molar-refractivity contribution is 6.35. The van der Waals surface area contributed by atoms with Gasteiger partial charge in [-0.25, -0.2) is 0 Å². The Hall–Kier alpha value is -0.850. The zero-order valence-electron chi connectivity index (χ0n) is 14.0. The standard InChI is InChI=1S/C18H24Cl2O5/c19-14-8-7-13(16(20)9-14)5-3-1-2-4-6-15-10-18(23,11-17(21)22)25-12-24-15/h7-9,15,23H,1-6,10-12H2,(H,21,22)/t15?,18-/m0/s1. The minimum atomic E-state index is -1.61. The number of aliphatic carboxylic acids is 1. The number of ether oxygens (including phenoxy) is 2. The largest absolute Gasteiger partial charge is 0.481 e. The van der Waals surface area contributed by atoms with E-state index in [-0.39, 0.29) is 19.3 Å². The maximum atomic E-state index is 10.8. The molecule has 0 bridgehead atoms. The van der Waals surface area contributed by atoms with E-state index >= 15 is 0 Å². The minimum Gasteiger partial charge on any atom is -0.481 e. The summed E-state index contributed by atoms with van der Waals surface area (Å²) in [4.78, 5) is 10.8. The number of benzene rings is 1. The van der Waals surface area contributed by atoms with E-state index in [2.05, 4.69) is 0 Å².